The SMILES string of the molecule is CCc1ccc(C(=O)N2CCCC2COC)cc1. The molecule has 0 N–H and O–H groups in total. The highest BCUT2D eigenvalue weighted by atomic mass is 16.5. The third kappa shape index (κ3) is 2.72. The summed E-state index contributed by atoms with van der Waals surface area (Å²) in [4.78, 5) is 14.4. The fourth-order valence-electron chi connectivity index (χ4n) is 2.52. The van der Waals surface area contributed by atoms with E-state index >= 15 is 0 Å². The molecule has 0 spiro atoms. The quantitative estimate of drug-likeness (QED) is 0.818. The van der Waals surface area contributed by atoms with E-state index in [2.05, 4.69) is 6.92 Å². The molecular weight excluding hydrogens is 226 g/mol. The maximum Gasteiger partial charge on any atom is 0.254 e. The molecule has 1 fully saturated rings. The zero-order chi connectivity index (χ0) is 13.0. The number of hydrogen-bond donors (Lipinski definition) is 0. The van der Waals surface area contributed by atoms with E-state index in [0.717, 1.165) is 31.4 Å². The second-order valence-electron chi connectivity index (χ2n) is 4.80. The van der Waals surface area contributed by atoms with E-state index in [1.807, 2.05) is 29.2 Å². The number of amides is 1. The van der Waals surface area contributed by atoms with Gasteiger partial charge in [0.2, 0.25) is 0 Å². The van der Waals surface area contributed by atoms with Crippen molar-refractivity contribution in [3.05, 3.63) is 35.4 Å². The van der Waals surface area contributed by atoms with Crippen LogP contribution in [-0.2, 0) is 11.2 Å². The number of carbonyl (C=O) groups is 1. The molecule has 1 unspecified atom stereocenters. The highest BCUT2D eigenvalue weighted by Gasteiger charge is 2.29. The molecule has 1 saturated heterocycles. The van der Waals surface area contributed by atoms with Crippen LogP contribution in [0.1, 0.15) is 35.7 Å². The number of aryl methyl sites for hydroxylation is 1. The van der Waals surface area contributed by atoms with Gasteiger partial charge in [-0.1, -0.05) is 19.1 Å². The van der Waals surface area contributed by atoms with Crippen LogP contribution in [0.4, 0.5) is 0 Å². The highest BCUT2D eigenvalue weighted by molar-refractivity contribution is 5.94. The Morgan fingerprint density at radius 3 is 2.72 bits per heavy atom. The Hall–Kier alpha value is -1.35. The number of methoxy groups -OCH3 is 1. The molecule has 1 aliphatic rings. The van der Waals surface area contributed by atoms with E-state index < -0.39 is 0 Å². The molecule has 0 saturated carbocycles. The van der Waals surface area contributed by atoms with Gasteiger partial charge in [-0.3, -0.25) is 4.79 Å². The monoisotopic (exact) mass is 247 g/mol. The van der Waals surface area contributed by atoms with Gasteiger partial charge in [-0.15, -0.1) is 0 Å². The van der Waals surface area contributed by atoms with Crippen LogP contribution in [0.5, 0.6) is 0 Å². The zero-order valence-corrected chi connectivity index (χ0v) is 11.2. The zero-order valence-electron chi connectivity index (χ0n) is 11.2. The molecule has 0 radical (unpaired) electrons. The molecule has 0 aromatic heterocycles. The van der Waals surface area contributed by atoms with Gasteiger partial charge < -0.3 is 9.64 Å². The Labute approximate surface area is 109 Å². The lowest BCUT2D eigenvalue weighted by molar-refractivity contribution is 0.0630. The number of likely N-dealkylation sites (tertiary alicyclic amines) is 1. The minimum absolute atomic E-state index is 0.136. The summed E-state index contributed by atoms with van der Waals surface area (Å²) in [6, 6.07) is 8.18. The second-order valence-corrected chi connectivity index (χ2v) is 4.80. The van der Waals surface area contributed by atoms with E-state index in [1.165, 1.54) is 5.56 Å². The number of rotatable bonds is 4. The fourth-order valence-corrected chi connectivity index (χ4v) is 2.52. The van der Waals surface area contributed by atoms with Crippen LogP contribution in [0.25, 0.3) is 0 Å². The number of ether oxygens (including phenoxy) is 1. The fraction of sp³-hybridized carbons (Fsp3) is 0.533. The van der Waals surface area contributed by atoms with Crippen molar-refractivity contribution in [2.24, 2.45) is 0 Å². The van der Waals surface area contributed by atoms with Gasteiger partial charge in [-0.2, -0.15) is 0 Å². The summed E-state index contributed by atoms with van der Waals surface area (Å²) in [6.07, 6.45) is 3.13. The predicted molar refractivity (Wildman–Crippen MR) is 71.8 cm³/mol. The van der Waals surface area contributed by atoms with Crippen molar-refractivity contribution in [1.29, 1.82) is 0 Å². The maximum absolute atomic E-state index is 12.4. The van der Waals surface area contributed by atoms with Crippen LogP contribution in [0, 0.1) is 0 Å². The number of hydrogen-bond acceptors (Lipinski definition) is 2. The molecule has 3 nitrogen and oxygen atoms in total. The summed E-state index contributed by atoms with van der Waals surface area (Å²) in [5.41, 5.74) is 2.05. The summed E-state index contributed by atoms with van der Waals surface area (Å²) >= 11 is 0. The third-order valence-corrected chi connectivity index (χ3v) is 3.61. The van der Waals surface area contributed by atoms with Crippen LogP contribution in [0.15, 0.2) is 24.3 Å². The first kappa shape index (κ1) is 13.1. The molecule has 98 valence electrons. The Bertz CT molecular complexity index is 399. The molecule has 1 amide bonds. The van der Waals surface area contributed by atoms with Crippen LogP contribution >= 0.6 is 0 Å². The summed E-state index contributed by atoms with van der Waals surface area (Å²) in [5.74, 6) is 0.136. The van der Waals surface area contributed by atoms with E-state index in [1.54, 1.807) is 7.11 Å². The van der Waals surface area contributed by atoms with E-state index in [4.69, 9.17) is 4.74 Å². The lowest BCUT2D eigenvalue weighted by Crippen LogP contribution is -2.38. The van der Waals surface area contributed by atoms with Crippen LogP contribution in [-0.4, -0.2) is 37.1 Å². The summed E-state index contributed by atoms with van der Waals surface area (Å²) < 4.78 is 5.18. The topological polar surface area (TPSA) is 29.5 Å². The van der Waals surface area contributed by atoms with Crippen LogP contribution in [0.2, 0.25) is 0 Å². The predicted octanol–water partition coefficient (Wildman–Crippen LogP) is 2.50. The van der Waals surface area contributed by atoms with Crippen molar-refractivity contribution >= 4 is 5.91 Å². The minimum atomic E-state index is 0.136. The summed E-state index contributed by atoms with van der Waals surface area (Å²) in [7, 11) is 1.69. The van der Waals surface area contributed by atoms with Crippen molar-refractivity contribution in [3.63, 3.8) is 0 Å². The standard InChI is InChI=1S/C15H21NO2/c1-3-12-6-8-13(9-7-12)15(17)16-10-4-5-14(16)11-18-2/h6-9,14H,3-5,10-11H2,1-2H3. The van der Waals surface area contributed by atoms with E-state index in [0.29, 0.717) is 6.61 Å². The van der Waals surface area contributed by atoms with Gasteiger partial charge in [-0.05, 0) is 37.0 Å². The lowest BCUT2D eigenvalue weighted by Gasteiger charge is -2.24. The first-order chi connectivity index (χ1) is 8.76. The molecule has 1 aliphatic heterocycles. The highest BCUT2D eigenvalue weighted by Crippen LogP contribution is 2.20. The van der Waals surface area contributed by atoms with Gasteiger partial charge >= 0.3 is 0 Å². The molecule has 1 heterocycles. The Kier molecular flexibility index (Phi) is 4.37. The Morgan fingerprint density at radius 1 is 1.39 bits per heavy atom. The first-order valence-electron chi connectivity index (χ1n) is 6.65. The Balaban J connectivity index is 2.09. The largest absolute Gasteiger partial charge is 0.383 e. The lowest BCUT2D eigenvalue weighted by atomic mass is 10.1. The molecule has 1 atom stereocenters. The van der Waals surface area contributed by atoms with Crippen molar-refractivity contribution in [3.8, 4) is 0 Å². The molecule has 1 aromatic carbocycles. The van der Waals surface area contributed by atoms with Crippen molar-refractivity contribution in [2.75, 3.05) is 20.3 Å². The van der Waals surface area contributed by atoms with Gasteiger partial charge in [-0.25, -0.2) is 0 Å². The first-order valence-corrected chi connectivity index (χ1v) is 6.65. The molecule has 3 heteroatoms. The van der Waals surface area contributed by atoms with E-state index in [-0.39, 0.29) is 11.9 Å². The van der Waals surface area contributed by atoms with Crippen LogP contribution in [0.3, 0.4) is 0 Å². The second kappa shape index (κ2) is 6.01. The molecule has 1 aromatic rings. The molecule has 0 bridgehead atoms. The number of nitrogens with zero attached hydrogens (tertiary/aromatic N) is 1. The van der Waals surface area contributed by atoms with E-state index in [9.17, 15) is 4.79 Å². The Morgan fingerprint density at radius 2 is 2.11 bits per heavy atom. The normalized spacial score (nSPS) is 19.2. The smallest absolute Gasteiger partial charge is 0.254 e. The third-order valence-electron chi connectivity index (χ3n) is 3.61. The summed E-state index contributed by atoms with van der Waals surface area (Å²) in [6.45, 7) is 3.60. The average molecular weight is 247 g/mol. The van der Waals surface area contributed by atoms with Crippen molar-refractivity contribution < 1.29 is 9.53 Å². The van der Waals surface area contributed by atoms with Gasteiger partial charge in [0.25, 0.3) is 5.91 Å². The number of carbonyl (C=O) groups excluding carboxylic acids is 1. The van der Waals surface area contributed by atoms with Gasteiger partial charge in [0.1, 0.15) is 0 Å². The maximum atomic E-state index is 12.4. The molecule has 18 heavy (non-hydrogen) atoms. The molecule has 0 aliphatic carbocycles. The van der Waals surface area contributed by atoms with Gasteiger partial charge in [0.05, 0.1) is 12.6 Å². The molecular formula is C15H21NO2. The van der Waals surface area contributed by atoms with Gasteiger partial charge in [0, 0.05) is 19.2 Å². The minimum Gasteiger partial charge on any atom is -0.383 e. The van der Waals surface area contributed by atoms with Gasteiger partial charge in [0.15, 0.2) is 0 Å². The number of benzene rings is 1. The summed E-state index contributed by atoms with van der Waals surface area (Å²) in [5, 5.41) is 0. The van der Waals surface area contributed by atoms with Crippen LogP contribution < -0.4 is 0 Å². The molecule has 2 rings (SSSR count). The average Bonchev–Trinajstić information content (AvgIpc) is 2.87. The van der Waals surface area contributed by atoms with Crippen molar-refractivity contribution in [2.45, 2.75) is 32.2 Å². The van der Waals surface area contributed by atoms with Crippen molar-refractivity contribution in [1.82, 2.24) is 4.90 Å².